The lowest BCUT2D eigenvalue weighted by molar-refractivity contribution is 0.212. The molecule has 0 saturated heterocycles. The fourth-order valence-electron chi connectivity index (χ4n) is 2.62. The lowest BCUT2D eigenvalue weighted by Crippen LogP contribution is -2.24. The first-order valence-corrected chi connectivity index (χ1v) is 5.85. The molecule has 86 valence electrons. The summed E-state index contributed by atoms with van der Waals surface area (Å²) in [5, 5.41) is 0. The van der Waals surface area contributed by atoms with Crippen molar-refractivity contribution in [3.05, 3.63) is 0 Å². The van der Waals surface area contributed by atoms with Gasteiger partial charge in [-0.05, 0) is 43.9 Å². The Labute approximate surface area is 95.2 Å². The minimum atomic E-state index is 0. The number of nitrogens with two attached hydrogens (primary N) is 1. The van der Waals surface area contributed by atoms with E-state index in [9.17, 15) is 0 Å². The van der Waals surface area contributed by atoms with Crippen molar-refractivity contribution in [2.24, 2.45) is 23.5 Å². The Morgan fingerprint density at radius 2 is 1.57 bits per heavy atom. The second kappa shape index (κ2) is 6.68. The van der Waals surface area contributed by atoms with E-state index < -0.39 is 0 Å². The van der Waals surface area contributed by atoms with Crippen LogP contribution in [0.25, 0.3) is 0 Å². The zero-order valence-electron chi connectivity index (χ0n) is 9.83. The largest absolute Gasteiger partial charge is 0.328 e. The summed E-state index contributed by atoms with van der Waals surface area (Å²) in [7, 11) is 0. The third kappa shape index (κ3) is 4.65. The highest BCUT2D eigenvalue weighted by Crippen LogP contribution is 2.34. The molecule has 1 unspecified atom stereocenters. The van der Waals surface area contributed by atoms with Crippen LogP contribution in [0.1, 0.15) is 52.9 Å². The Bertz CT molecular complexity index is 137. The van der Waals surface area contributed by atoms with Gasteiger partial charge in [0.25, 0.3) is 0 Å². The molecule has 1 aliphatic carbocycles. The summed E-state index contributed by atoms with van der Waals surface area (Å²) in [5.74, 6) is 2.80. The Balaban J connectivity index is 0.00000169. The molecule has 0 aromatic heterocycles. The lowest BCUT2D eigenvalue weighted by atomic mass is 9.75. The van der Waals surface area contributed by atoms with Gasteiger partial charge in [-0.2, -0.15) is 0 Å². The molecule has 2 N–H and O–H groups in total. The van der Waals surface area contributed by atoms with Crippen LogP contribution in [0, 0.1) is 17.8 Å². The van der Waals surface area contributed by atoms with Crippen molar-refractivity contribution in [1.82, 2.24) is 0 Å². The Hall–Kier alpha value is 0.250. The molecule has 1 fully saturated rings. The summed E-state index contributed by atoms with van der Waals surface area (Å²) >= 11 is 0. The molecule has 1 saturated carbocycles. The van der Waals surface area contributed by atoms with E-state index in [0.717, 1.165) is 17.8 Å². The summed E-state index contributed by atoms with van der Waals surface area (Å²) in [4.78, 5) is 0. The van der Waals surface area contributed by atoms with Crippen LogP contribution in [0.5, 0.6) is 0 Å². The smallest absolute Gasteiger partial charge is 0.00131 e. The average molecular weight is 220 g/mol. The predicted octanol–water partition coefficient (Wildman–Crippen LogP) is 3.61. The molecule has 1 aliphatic rings. The predicted molar refractivity (Wildman–Crippen MR) is 65.8 cm³/mol. The molecule has 0 heterocycles. The van der Waals surface area contributed by atoms with E-state index in [1.807, 2.05) is 0 Å². The minimum absolute atomic E-state index is 0. The van der Waals surface area contributed by atoms with E-state index in [2.05, 4.69) is 20.8 Å². The van der Waals surface area contributed by atoms with Crippen LogP contribution in [0.4, 0.5) is 0 Å². The van der Waals surface area contributed by atoms with Gasteiger partial charge in [-0.25, -0.2) is 0 Å². The van der Waals surface area contributed by atoms with Crippen LogP contribution < -0.4 is 5.73 Å². The van der Waals surface area contributed by atoms with Gasteiger partial charge in [0.15, 0.2) is 0 Å². The highest BCUT2D eigenvalue weighted by molar-refractivity contribution is 5.85. The van der Waals surface area contributed by atoms with Crippen molar-refractivity contribution in [3.8, 4) is 0 Å². The van der Waals surface area contributed by atoms with E-state index in [-0.39, 0.29) is 12.4 Å². The maximum absolute atomic E-state index is 5.82. The zero-order chi connectivity index (χ0) is 9.84. The number of halogens is 1. The third-order valence-corrected chi connectivity index (χ3v) is 3.54. The highest BCUT2D eigenvalue weighted by Gasteiger charge is 2.23. The molecule has 0 aliphatic heterocycles. The molecule has 14 heavy (non-hydrogen) atoms. The maximum Gasteiger partial charge on any atom is 0.00131 e. The zero-order valence-corrected chi connectivity index (χ0v) is 10.6. The monoisotopic (exact) mass is 219 g/mol. The molecule has 1 atom stereocenters. The van der Waals surface area contributed by atoms with Gasteiger partial charge in [0.1, 0.15) is 0 Å². The summed E-state index contributed by atoms with van der Waals surface area (Å²) in [5.41, 5.74) is 5.82. The first-order chi connectivity index (χ1) is 6.09. The van der Waals surface area contributed by atoms with E-state index in [1.165, 1.54) is 32.1 Å². The molecule has 0 radical (unpaired) electrons. The van der Waals surface area contributed by atoms with E-state index in [0.29, 0.717) is 6.04 Å². The summed E-state index contributed by atoms with van der Waals surface area (Å²) < 4.78 is 0. The van der Waals surface area contributed by atoms with E-state index >= 15 is 0 Å². The molecule has 0 bridgehead atoms. The van der Waals surface area contributed by atoms with Crippen molar-refractivity contribution < 1.29 is 0 Å². The van der Waals surface area contributed by atoms with Crippen LogP contribution >= 0.6 is 12.4 Å². The van der Waals surface area contributed by atoms with Crippen LogP contribution in [0.2, 0.25) is 0 Å². The van der Waals surface area contributed by atoms with Gasteiger partial charge in [-0.15, -0.1) is 12.4 Å². The van der Waals surface area contributed by atoms with Crippen LogP contribution in [0.3, 0.4) is 0 Å². The summed E-state index contributed by atoms with van der Waals surface area (Å²) in [6, 6.07) is 0.403. The molecular formula is C12H26ClN. The standard InChI is InChI=1S/C12H25N.ClH/c1-9(2)12-6-4-11(5-7-12)8-10(3)13;/h9-12H,4-8,13H2,1-3H3;1H. The van der Waals surface area contributed by atoms with Gasteiger partial charge >= 0.3 is 0 Å². The maximum atomic E-state index is 5.82. The van der Waals surface area contributed by atoms with E-state index in [4.69, 9.17) is 5.73 Å². The van der Waals surface area contributed by atoms with Crippen molar-refractivity contribution in [2.45, 2.75) is 58.9 Å². The first kappa shape index (κ1) is 14.2. The van der Waals surface area contributed by atoms with Crippen molar-refractivity contribution >= 4 is 12.4 Å². The van der Waals surface area contributed by atoms with Crippen LogP contribution in [0.15, 0.2) is 0 Å². The Kier molecular flexibility index (Phi) is 6.80. The van der Waals surface area contributed by atoms with Gasteiger partial charge < -0.3 is 5.73 Å². The molecule has 0 aromatic carbocycles. The van der Waals surface area contributed by atoms with Crippen LogP contribution in [-0.4, -0.2) is 6.04 Å². The highest BCUT2D eigenvalue weighted by atomic mass is 35.5. The molecule has 1 nitrogen and oxygen atoms in total. The number of hydrogen-bond acceptors (Lipinski definition) is 1. The van der Waals surface area contributed by atoms with Gasteiger partial charge in [0, 0.05) is 6.04 Å². The quantitative estimate of drug-likeness (QED) is 0.771. The fourth-order valence-corrected chi connectivity index (χ4v) is 2.62. The van der Waals surface area contributed by atoms with Crippen molar-refractivity contribution in [1.29, 1.82) is 0 Å². The molecule has 0 amide bonds. The SMILES string of the molecule is CC(N)CC1CCC(C(C)C)CC1.Cl. The summed E-state index contributed by atoms with van der Waals surface area (Å²) in [6.07, 6.45) is 6.96. The van der Waals surface area contributed by atoms with E-state index in [1.54, 1.807) is 0 Å². The summed E-state index contributed by atoms with van der Waals surface area (Å²) in [6.45, 7) is 6.85. The van der Waals surface area contributed by atoms with Gasteiger partial charge in [0.05, 0.1) is 0 Å². The number of hydrogen-bond donors (Lipinski definition) is 1. The van der Waals surface area contributed by atoms with Gasteiger partial charge in [0.2, 0.25) is 0 Å². The molecule has 0 spiro atoms. The third-order valence-electron chi connectivity index (χ3n) is 3.54. The topological polar surface area (TPSA) is 26.0 Å². The van der Waals surface area contributed by atoms with Crippen LogP contribution in [-0.2, 0) is 0 Å². The van der Waals surface area contributed by atoms with Crippen molar-refractivity contribution in [2.75, 3.05) is 0 Å². The van der Waals surface area contributed by atoms with Crippen molar-refractivity contribution in [3.63, 3.8) is 0 Å². The first-order valence-electron chi connectivity index (χ1n) is 5.85. The second-order valence-corrected chi connectivity index (χ2v) is 5.24. The van der Waals surface area contributed by atoms with Gasteiger partial charge in [-0.3, -0.25) is 0 Å². The average Bonchev–Trinajstić information content (AvgIpc) is 2.04. The Morgan fingerprint density at radius 3 is 1.93 bits per heavy atom. The number of rotatable bonds is 3. The second-order valence-electron chi connectivity index (χ2n) is 5.24. The normalized spacial score (nSPS) is 29.8. The molecule has 2 heteroatoms. The molecular weight excluding hydrogens is 194 g/mol. The fraction of sp³-hybridized carbons (Fsp3) is 1.00. The lowest BCUT2D eigenvalue weighted by Gasteiger charge is -2.31. The minimum Gasteiger partial charge on any atom is -0.328 e. The van der Waals surface area contributed by atoms with Gasteiger partial charge in [-0.1, -0.05) is 26.7 Å². The molecule has 1 rings (SSSR count). The molecule has 0 aromatic rings. The Morgan fingerprint density at radius 1 is 1.07 bits per heavy atom.